The Kier molecular flexibility index (Phi) is 3.93. The topological polar surface area (TPSA) is 43.8 Å². The molecule has 3 nitrogen and oxygen atoms in total. The van der Waals surface area contributed by atoms with Crippen LogP contribution in [-0.4, -0.2) is 9.55 Å². The highest BCUT2D eigenvalue weighted by molar-refractivity contribution is 5.72. The van der Waals surface area contributed by atoms with E-state index in [1.165, 1.54) is 11.1 Å². The molecule has 0 fully saturated rings. The molecule has 0 saturated carbocycles. The van der Waals surface area contributed by atoms with Crippen molar-refractivity contribution in [2.45, 2.75) is 47.1 Å². The summed E-state index contributed by atoms with van der Waals surface area (Å²) in [6.45, 7) is 9.37. The molecule has 0 bridgehead atoms. The largest absolute Gasteiger partial charge is 0.383 e. The molecule has 1 aromatic carbocycles. The molecule has 3 heteroatoms. The van der Waals surface area contributed by atoms with Crippen molar-refractivity contribution in [3.05, 3.63) is 35.2 Å². The maximum Gasteiger partial charge on any atom is 0.131 e. The van der Waals surface area contributed by atoms with Gasteiger partial charge in [-0.05, 0) is 39.3 Å². The molecule has 0 spiro atoms. The SMILES string of the molecule is CCCCn1c(C)nc(-c2cc(C)cc(C)c2)c1N. The van der Waals surface area contributed by atoms with E-state index in [1.54, 1.807) is 0 Å². The molecule has 0 saturated heterocycles. The van der Waals surface area contributed by atoms with Crippen molar-refractivity contribution in [1.82, 2.24) is 9.55 Å². The molecule has 0 radical (unpaired) electrons. The van der Waals surface area contributed by atoms with Gasteiger partial charge in [-0.2, -0.15) is 0 Å². The first-order valence-electron chi connectivity index (χ1n) is 6.94. The minimum absolute atomic E-state index is 0.788. The first kappa shape index (κ1) is 13.7. The van der Waals surface area contributed by atoms with Gasteiger partial charge in [0.15, 0.2) is 0 Å². The Balaban J connectivity index is 2.45. The fourth-order valence-corrected chi connectivity index (χ4v) is 2.50. The number of benzene rings is 1. The van der Waals surface area contributed by atoms with Gasteiger partial charge in [0.05, 0.1) is 0 Å². The van der Waals surface area contributed by atoms with Crippen molar-refractivity contribution >= 4 is 5.82 Å². The molecule has 0 aliphatic carbocycles. The number of unbranched alkanes of at least 4 members (excludes halogenated alkanes) is 1. The Labute approximate surface area is 115 Å². The summed E-state index contributed by atoms with van der Waals surface area (Å²) in [5.74, 6) is 1.79. The van der Waals surface area contributed by atoms with Crippen LogP contribution in [-0.2, 0) is 6.54 Å². The lowest BCUT2D eigenvalue weighted by Crippen LogP contribution is -2.05. The number of hydrogen-bond acceptors (Lipinski definition) is 2. The van der Waals surface area contributed by atoms with Crippen molar-refractivity contribution < 1.29 is 0 Å². The van der Waals surface area contributed by atoms with E-state index in [0.717, 1.165) is 42.3 Å². The van der Waals surface area contributed by atoms with Gasteiger partial charge in [-0.25, -0.2) is 4.98 Å². The summed E-state index contributed by atoms with van der Waals surface area (Å²) in [5, 5.41) is 0. The minimum Gasteiger partial charge on any atom is -0.383 e. The van der Waals surface area contributed by atoms with Gasteiger partial charge < -0.3 is 10.3 Å². The third kappa shape index (κ3) is 2.80. The van der Waals surface area contributed by atoms with Gasteiger partial charge in [0.2, 0.25) is 0 Å². The highest BCUT2D eigenvalue weighted by atomic mass is 15.1. The van der Waals surface area contributed by atoms with E-state index in [0.29, 0.717) is 0 Å². The van der Waals surface area contributed by atoms with Gasteiger partial charge in [0.1, 0.15) is 17.3 Å². The number of imidazole rings is 1. The number of aromatic nitrogens is 2. The van der Waals surface area contributed by atoms with E-state index in [-0.39, 0.29) is 0 Å². The molecule has 0 aliphatic heterocycles. The van der Waals surface area contributed by atoms with Crippen LogP contribution in [0.2, 0.25) is 0 Å². The average molecular weight is 257 g/mol. The maximum absolute atomic E-state index is 6.28. The zero-order chi connectivity index (χ0) is 14.0. The van der Waals surface area contributed by atoms with Crippen molar-refractivity contribution in [2.24, 2.45) is 0 Å². The van der Waals surface area contributed by atoms with Gasteiger partial charge in [0.25, 0.3) is 0 Å². The number of aryl methyl sites for hydroxylation is 3. The van der Waals surface area contributed by atoms with Crippen LogP contribution in [0.15, 0.2) is 18.2 Å². The van der Waals surface area contributed by atoms with E-state index >= 15 is 0 Å². The van der Waals surface area contributed by atoms with Crippen LogP contribution in [0, 0.1) is 20.8 Å². The van der Waals surface area contributed by atoms with Gasteiger partial charge in [-0.15, -0.1) is 0 Å². The maximum atomic E-state index is 6.28. The highest BCUT2D eigenvalue weighted by Gasteiger charge is 2.13. The van der Waals surface area contributed by atoms with E-state index in [9.17, 15) is 0 Å². The number of nitrogens with two attached hydrogens (primary N) is 1. The summed E-state index contributed by atoms with van der Waals surface area (Å²) in [6.07, 6.45) is 2.30. The smallest absolute Gasteiger partial charge is 0.131 e. The number of anilines is 1. The number of rotatable bonds is 4. The van der Waals surface area contributed by atoms with Crippen LogP contribution in [0.1, 0.15) is 36.7 Å². The van der Waals surface area contributed by atoms with Gasteiger partial charge >= 0.3 is 0 Å². The molecule has 2 aromatic rings. The van der Waals surface area contributed by atoms with Gasteiger partial charge in [0, 0.05) is 12.1 Å². The fourth-order valence-electron chi connectivity index (χ4n) is 2.50. The summed E-state index contributed by atoms with van der Waals surface area (Å²) in [4.78, 5) is 4.65. The molecular weight excluding hydrogens is 234 g/mol. The van der Waals surface area contributed by atoms with Crippen LogP contribution in [0.25, 0.3) is 11.3 Å². The second kappa shape index (κ2) is 5.47. The second-order valence-corrected chi connectivity index (χ2v) is 5.27. The Morgan fingerprint density at radius 1 is 1.11 bits per heavy atom. The number of hydrogen-bond donors (Lipinski definition) is 1. The van der Waals surface area contributed by atoms with Crippen molar-refractivity contribution in [3.8, 4) is 11.3 Å². The van der Waals surface area contributed by atoms with Gasteiger partial charge in [-0.1, -0.05) is 30.5 Å². The number of nitrogens with zero attached hydrogens (tertiary/aromatic N) is 2. The van der Waals surface area contributed by atoms with Crippen LogP contribution in [0.3, 0.4) is 0 Å². The zero-order valence-corrected chi connectivity index (χ0v) is 12.3. The molecule has 19 heavy (non-hydrogen) atoms. The van der Waals surface area contributed by atoms with E-state index < -0.39 is 0 Å². The van der Waals surface area contributed by atoms with Crippen LogP contribution in [0.5, 0.6) is 0 Å². The molecule has 1 aromatic heterocycles. The predicted molar refractivity (Wildman–Crippen MR) is 81.2 cm³/mol. The molecule has 102 valence electrons. The molecule has 0 amide bonds. The lowest BCUT2D eigenvalue weighted by molar-refractivity contribution is 0.622. The molecule has 0 atom stereocenters. The quantitative estimate of drug-likeness (QED) is 0.904. The van der Waals surface area contributed by atoms with Crippen molar-refractivity contribution in [1.29, 1.82) is 0 Å². The molecule has 0 unspecified atom stereocenters. The molecule has 0 aliphatic rings. The minimum atomic E-state index is 0.788. The van der Waals surface area contributed by atoms with E-state index in [4.69, 9.17) is 5.73 Å². The van der Waals surface area contributed by atoms with Crippen LogP contribution >= 0.6 is 0 Å². The summed E-state index contributed by atoms with van der Waals surface area (Å²) < 4.78 is 2.12. The monoisotopic (exact) mass is 257 g/mol. The fraction of sp³-hybridized carbons (Fsp3) is 0.438. The summed E-state index contributed by atoms with van der Waals surface area (Å²) in [6, 6.07) is 6.46. The molecule has 1 heterocycles. The highest BCUT2D eigenvalue weighted by Crippen LogP contribution is 2.28. The lowest BCUT2D eigenvalue weighted by atomic mass is 10.1. The molecule has 2 rings (SSSR count). The number of nitrogen functional groups attached to an aromatic ring is 1. The first-order chi connectivity index (χ1) is 9.02. The summed E-state index contributed by atoms with van der Waals surface area (Å²) >= 11 is 0. The Bertz CT molecular complexity index is 562. The summed E-state index contributed by atoms with van der Waals surface area (Å²) in [5.41, 5.74) is 10.8. The van der Waals surface area contributed by atoms with Gasteiger partial charge in [-0.3, -0.25) is 0 Å². The Hall–Kier alpha value is -1.77. The standard InChI is InChI=1S/C16H23N3/c1-5-6-7-19-13(4)18-15(16(19)17)14-9-11(2)8-12(3)10-14/h8-10H,5-7,17H2,1-4H3. The zero-order valence-electron chi connectivity index (χ0n) is 12.3. The first-order valence-corrected chi connectivity index (χ1v) is 6.94. The molecule has 2 N–H and O–H groups in total. The average Bonchev–Trinajstić information content (AvgIpc) is 2.61. The molecular formula is C16H23N3. The normalized spacial score (nSPS) is 10.9. The second-order valence-electron chi connectivity index (χ2n) is 5.27. The lowest BCUT2D eigenvalue weighted by Gasteiger charge is -2.07. The third-order valence-electron chi connectivity index (χ3n) is 3.43. The van der Waals surface area contributed by atoms with E-state index in [1.807, 2.05) is 6.92 Å². The third-order valence-corrected chi connectivity index (χ3v) is 3.43. The van der Waals surface area contributed by atoms with Crippen molar-refractivity contribution in [2.75, 3.05) is 5.73 Å². The predicted octanol–water partition coefficient (Wildman–Crippen LogP) is 3.86. The Morgan fingerprint density at radius 2 is 1.74 bits per heavy atom. The summed E-state index contributed by atoms with van der Waals surface area (Å²) in [7, 11) is 0. The van der Waals surface area contributed by atoms with Crippen LogP contribution < -0.4 is 5.73 Å². The van der Waals surface area contributed by atoms with Crippen LogP contribution in [0.4, 0.5) is 5.82 Å². The Morgan fingerprint density at radius 3 is 2.32 bits per heavy atom. The van der Waals surface area contributed by atoms with Crippen molar-refractivity contribution in [3.63, 3.8) is 0 Å². The van der Waals surface area contributed by atoms with E-state index in [2.05, 4.69) is 48.5 Å².